The normalized spacial score (nSPS) is 12.9. The van der Waals surface area contributed by atoms with Crippen molar-refractivity contribution in [3.63, 3.8) is 0 Å². The van der Waals surface area contributed by atoms with Crippen molar-refractivity contribution >= 4 is 23.9 Å². The second-order valence-electron chi connectivity index (χ2n) is 13.5. The first-order valence-corrected chi connectivity index (χ1v) is 15.9. The number of carbonyl (C=O) groups excluding carboxylic acids is 4. The Hall–Kier alpha value is -3.88. The second kappa shape index (κ2) is 17.0. The molecule has 0 bridgehead atoms. The number of unbranched alkanes of at least 4 members (excludes halogenated alkanes) is 3. The van der Waals surface area contributed by atoms with E-state index in [-0.39, 0.29) is 19.5 Å². The van der Waals surface area contributed by atoms with Gasteiger partial charge in [0.15, 0.2) is 0 Å². The molecule has 0 aliphatic heterocycles. The number of amides is 3. The minimum Gasteiger partial charge on any atom is -0.458 e. The van der Waals surface area contributed by atoms with Crippen molar-refractivity contribution < 1.29 is 28.7 Å². The second-order valence-corrected chi connectivity index (χ2v) is 13.5. The maximum Gasteiger partial charge on any atom is 0.408 e. The van der Waals surface area contributed by atoms with Gasteiger partial charge in [-0.05, 0) is 84.1 Å². The van der Waals surface area contributed by atoms with Gasteiger partial charge in [-0.15, -0.1) is 0 Å². The van der Waals surface area contributed by atoms with Crippen molar-refractivity contribution in [2.75, 3.05) is 13.1 Å². The Kier molecular flexibility index (Phi) is 14.1. The van der Waals surface area contributed by atoms with E-state index in [9.17, 15) is 19.2 Å². The van der Waals surface area contributed by atoms with E-state index in [0.29, 0.717) is 12.0 Å². The van der Waals surface area contributed by atoms with Crippen molar-refractivity contribution in [1.29, 1.82) is 0 Å². The maximum absolute atomic E-state index is 14.5. The fourth-order valence-electron chi connectivity index (χ4n) is 5.02. The highest BCUT2D eigenvalue weighted by Gasteiger charge is 2.36. The molecule has 45 heavy (non-hydrogen) atoms. The molecular weight excluding hydrogens is 570 g/mol. The lowest BCUT2D eigenvalue weighted by atomic mass is 9.93. The summed E-state index contributed by atoms with van der Waals surface area (Å²) in [5, 5.41) is 5.51. The average Bonchev–Trinajstić information content (AvgIpc) is 2.93. The van der Waals surface area contributed by atoms with Crippen molar-refractivity contribution in [2.45, 2.75) is 118 Å². The summed E-state index contributed by atoms with van der Waals surface area (Å²) in [6.07, 6.45) is 3.02. The molecule has 0 saturated heterocycles. The number of hydrogen-bond donors (Lipinski definition) is 2. The summed E-state index contributed by atoms with van der Waals surface area (Å²) in [6.45, 7) is 16.4. The Morgan fingerprint density at radius 1 is 0.800 bits per heavy atom. The summed E-state index contributed by atoms with van der Waals surface area (Å²) in [4.78, 5) is 55.8. The third-order valence-electron chi connectivity index (χ3n) is 7.02. The molecule has 2 aromatic carbocycles. The highest BCUT2D eigenvalue weighted by molar-refractivity contribution is 5.93. The first kappa shape index (κ1) is 37.3. The van der Waals surface area contributed by atoms with Gasteiger partial charge in [0.25, 0.3) is 0 Å². The molecule has 0 aromatic heterocycles. The standard InChI is InChI=1S/C36H53N3O6/c1-10-11-12-16-22-39(29(40)24-37-34(43)45-36(7,8)9)31(30-25(2)18-17-19-26(30)3)32(41)38-28(33(42)44-35(4,5)6)23-27-20-14-13-15-21-27/h13-15,17-21,28,31H,10-12,16,22-24H2,1-9H3,(H,37,43)(H,38,41). The minimum absolute atomic E-state index is 0.214. The summed E-state index contributed by atoms with van der Waals surface area (Å²) in [6, 6.07) is 13.1. The lowest BCUT2D eigenvalue weighted by Crippen LogP contribution is -2.52. The van der Waals surface area contributed by atoms with E-state index in [2.05, 4.69) is 17.6 Å². The Balaban J connectivity index is 2.54. The average molecular weight is 624 g/mol. The number of carbonyl (C=O) groups is 4. The predicted molar refractivity (Wildman–Crippen MR) is 177 cm³/mol. The number of benzene rings is 2. The topological polar surface area (TPSA) is 114 Å². The number of hydrogen-bond acceptors (Lipinski definition) is 6. The summed E-state index contributed by atoms with van der Waals surface area (Å²) < 4.78 is 11.1. The van der Waals surface area contributed by atoms with Crippen LogP contribution in [-0.2, 0) is 30.3 Å². The third-order valence-corrected chi connectivity index (χ3v) is 7.02. The Morgan fingerprint density at radius 3 is 1.96 bits per heavy atom. The van der Waals surface area contributed by atoms with E-state index < -0.39 is 47.2 Å². The molecule has 0 fully saturated rings. The summed E-state index contributed by atoms with van der Waals surface area (Å²) in [7, 11) is 0. The molecule has 9 heteroatoms. The monoisotopic (exact) mass is 623 g/mol. The zero-order chi connectivity index (χ0) is 33.8. The summed E-state index contributed by atoms with van der Waals surface area (Å²) in [5.74, 6) is -1.50. The van der Waals surface area contributed by atoms with Gasteiger partial charge in [0.05, 0.1) is 0 Å². The molecular formula is C36H53N3O6. The summed E-state index contributed by atoms with van der Waals surface area (Å²) in [5.41, 5.74) is 1.70. The fourth-order valence-corrected chi connectivity index (χ4v) is 5.02. The zero-order valence-corrected chi connectivity index (χ0v) is 28.6. The largest absolute Gasteiger partial charge is 0.458 e. The number of ether oxygens (including phenoxy) is 2. The van der Waals surface area contributed by atoms with Crippen LogP contribution >= 0.6 is 0 Å². The van der Waals surface area contributed by atoms with E-state index in [1.54, 1.807) is 41.5 Å². The van der Waals surface area contributed by atoms with E-state index in [1.165, 1.54) is 4.90 Å². The minimum atomic E-state index is -1.05. The molecule has 2 aromatic rings. The molecule has 248 valence electrons. The first-order valence-electron chi connectivity index (χ1n) is 15.9. The molecule has 0 saturated carbocycles. The van der Waals surface area contributed by atoms with E-state index in [4.69, 9.17) is 9.47 Å². The molecule has 2 atom stereocenters. The van der Waals surface area contributed by atoms with Crippen molar-refractivity contribution in [3.05, 3.63) is 70.8 Å². The van der Waals surface area contributed by atoms with Crippen LogP contribution in [0.1, 0.15) is 102 Å². The molecule has 2 N–H and O–H groups in total. The molecule has 0 spiro atoms. The van der Waals surface area contributed by atoms with Crippen LogP contribution < -0.4 is 10.6 Å². The fraction of sp³-hybridized carbons (Fsp3) is 0.556. The van der Waals surface area contributed by atoms with Gasteiger partial charge in [0, 0.05) is 13.0 Å². The van der Waals surface area contributed by atoms with E-state index in [1.807, 2.05) is 62.4 Å². The van der Waals surface area contributed by atoms with Crippen LogP contribution in [0.15, 0.2) is 48.5 Å². The van der Waals surface area contributed by atoms with Gasteiger partial charge in [-0.25, -0.2) is 9.59 Å². The predicted octanol–water partition coefficient (Wildman–Crippen LogP) is 6.35. The lowest BCUT2D eigenvalue weighted by molar-refractivity contribution is -0.159. The Bertz CT molecular complexity index is 1260. The summed E-state index contributed by atoms with van der Waals surface area (Å²) >= 11 is 0. The van der Waals surface area contributed by atoms with Gasteiger partial charge >= 0.3 is 12.1 Å². The smallest absolute Gasteiger partial charge is 0.408 e. The van der Waals surface area contributed by atoms with Gasteiger partial charge < -0.3 is 25.0 Å². The van der Waals surface area contributed by atoms with Crippen LogP contribution in [-0.4, -0.2) is 59.1 Å². The van der Waals surface area contributed by atoms with Crippen LogP contribution in [0, 0.1) is 13.8 Å². The van der Waals surface area contributed by atoms with Crippen LogP contribution in [0.2, 0.25) is 0 Å². The van der Waals surface area contributed by atoms with Crippen LogP contribution in [0.5, 0.6) is 0 Å². The highest BCUT2D eigenvalue weighted by atomic mass is 16.6. The zero-order valence-electron chi connectivity index (χ0n) is 28.6. The third kappa shape index (κ3) is 12.9. The van der Waals surface area contributed by atoms with Crippen molar-refractivity contribution in [3.8, 4) is 0 Å². The van der Waals surface area contributed by atoms with E-state index >= 15 is 0 Å². The molecule has 2 unspecified atom stereocenters. The van der Waals surface area contributed by atoms with Crippen LogP contribution in [0.3, 0.4) is 0 Å². The quantitative estimate of drug-likeness (QED) is 0.187. The molecule has 0 radical (unpaired) electrons. The van der Waals surface area contributed by atoms with Gasteiger partial charge in [-0.3, -0.25) is 9.59 Å². The lowest BCUT2D eigenvalue weighted by Gasteiger charge is -2.34. The van der Waals surface area contributed by atoms with E-state index in [0.717, 1.165) is 36.0 Å². The molecule has 0 aliphatic carbocycles. The maximum atomic E-state index is 14.5. The van der Waals surface area contributed by atoms with Gasteiger partial charge in [-0.2, -0.15) is 0 Å². The number of nitrogens with one attached hydrogen (secondary N) is 2. The van der Waals surface area contributed by atoms with Crippen LogP contribution in [0.4, 0.5) is 4.79 Å². The van der Waals surface area contributed by atoms with Crippen molar-refractivity contribution in [2.24, 2.45) is 0 Å². The molecule has 9 nitrogen and oxygen atoms in total. The van der Waals surface area contributed by atoms with Gasteiger partial charge in [0.1, 0.15) is 29.8 Å². The number of esters is 1. The van der Waals surface area contributed by atoms with Crippen molar-refractivity contribution in [1.82, 2.24) is 15.5 Å². The molecule has 0 aliphatic rings. The number of aryl methyl sites for hydroxylation is 2. The number of nitrogens with zero attached hydrogens (tertiary/aromatic N) is 1. The Labute approximate surface area is 269 Å². The SMILES string of the molecule is CCCCCCN(C(=O)CNC(=O)OC(C)(C)C)C(C(=O)NC(Cc1ccccc1)C(=O)OC(C)(C)C)c1c(C)cccc1C. The Morgan fingerprint density at radius 2 is 1.40 bits per heavy atom. The molecule has 3 amide bonds. The number of rotatable bonds is 14. The van der Waals surface area contributed by atoms with Gasteiger partial charge in [0.2, 0.25) is 11.8 Å². The van der Waals surface area contributed by atoms with Crippen LogP contribution in [0.25, 0.3) is 0 Å². The molecule has 2 rings (SSSR count). The molecule has 0 heterocycles. The highest BCUT2D eigenvalue weighted by Crippen LogP contribution is 2.29. The number of alkyl carbamates (subject to hydrolysis) is 1. The van der Waals surface area contributed by atoms with Gasteiger partial charge in [-0.1, -0.05) is 74.7 Å². The first-order chi connectivity index (χ1) is 21.0.